The molecule has 0 radical (unpaired) electrons. The van der Waals surface area contributed by atoms with Crippen LogP contribution < -0.4 is 19.3 Å². The van der Waals surface area contributed by atoms with Crippen LogP contribution >= 0.6 is 0 Å². The van der Waals surface area contributed by atoms with E-state index < -0.39 is 23.6 Å². The molecule has 0 spiro atoms. The number of phenolic OH excluding ortho intramolecular Hbond substituents is 2. The zero-order chi connectivity index (χ0) is 30.5. The van der Waals surface area contributed by atoms with Crippen molar-refractivity contribution in [1.29, 1.82) is 0 Å². The third kappa shape index (κ3) is 4.29. The Labute approximate surface area is 249 Å². The molecule has 4 amide bonds. The Morgan fingerprint density at radius 2 is 0.795 bits per heavy atom. The minimum atomic E-state index is -0.584. The lowest BCUT2D eigenvalue weighted by Gasteiger charge is -2.14. The second kappa shape index (κ2) is 10.1. The maximum absolute atomic E-state index is 13.1. The van der Waals surface area contributed by atoms with Crippen LogP contribution in [0.2, 0.25) is 0 Å². The van der Waals surface area contributed by atoms with Crippen LogP contribution in [0.15, 0.2) is 109 Å². The van der Waals surface area contributed by atoms with Gasteiger partial charge in [-0.1, -0.05) is 30.3 Å². The molecular weight excluding hydrogens is 564 g/mol. The molecule has 2 heterocycles. The number of rotatable bonds is 6. The van der Waals surface area contributed by atoms with E-state index >= 15 is 0 Å². The van der Waals surface area contributed by atoms with Gasteiger partial charge in [-0.25, -0.2) is 9.80 Å². The quantitative estimate of drug-likeness (QED) is 0.223. The summed E-state index contributed by atoms with van der Waals surface area (Å²) >= 11 is 0. The number of amides is 4. The van der Waals surface area contributed by atoms with Crippen LogP contribution in [0.3, 0.4) is 0 Å². The van der Waals surface area contributed by atoms with E-state index in [9.17, 15) is 29.4 Å². The first kappa shape index (κ1) is 26.5. The summed E-state index contributed by atoms with van der Waals surface area (Å²) < 4.78 is 11.9. The highest BCUT2D eigenvalue weighted by molar-refractivity contribution is 6.35. The van der Waals surface area contributed by atoms with Crippen molar-refractivity contribution in [3.05, 3.63) is 131 Å². The zero-order valence-corrected chi connectivity index (χ0v) is 22.6. The zero-order valence-electron chi connectivity index (χ0n) is 22.6. The van der Waals surface area contributed by atoms with E-state index in [1.54, 1.807) is 60.7 Å². The van der Waals surface area contributed by atoms with E-state index in [-0.39, 0.29) is 45.1 Å². The number of para-hydroxylation sites is 4. The molecule has 0 bridgehead atoms. The summed E-state index contributed by atoms with van der Waals surface area (Å²) in [5.74, 6) is -1.31. The van der Waals surface area contributed by atoms with Gasteiger partial charge in [0, 0.05) is 6.07 Å². The Kier molecular flexibility index (Phi) is 6.10. The molecule has 2 aliphatic rings. The number of phenols is 2. The predicted molar refractivity (Wildman–Crippen MR) is 158 cm³/mol. The van der Waals surface area contributed by atoms with Gasteiger partial charge in [0.25, 0.3) is 23.6 Å². The molecule has 44 heavy (non-hydrogen) atoms. The number of carbonyl (C=O) groups excluding carboxylic acids is 4. The van der Waals surface area contributed by atoms with Crippen LogP contribution in [0.5, 0.6) is 34.5 Å². The van der Waals surface area contributed by atoms with E-state index in [0.29, 0.717) is 23.0 Å². The van der Waals surface area contributed by atoms with Gasteiger partial charge in [-0.15, -0.1) is 0 Å². The van der Waals surface area contributed by atoms with Crippen molar-refractivity contribution in [2.24, 2.45) is 0 Å². The first-order valence-electron chi connectivity index (χ1n) is 13.4. The number of hydrogen-bond donors (Lipinski definition) is 2. The third-order valence-electron chi connectivity index (χ3n) is 7.24. The summed E-state index contributed by atoms with van der Waals surface area (Å²) in [4.78, 5) is 54.0. The van der Waals surface area contributed by atoms with Crippen LogP contribution in [0.25, 0.3) is 0 Å². The fraction of sp³-hybridized carbons (Fsp3) is 0. The Balaban J connectivity index is 1.10. The van der Waals surface area contributed by atoms with Gasteiger partial charge in [0.1, 0.15) is 34.5 Å². The molecule has 2 aliphatic heterocycles. The van der Waals surface area contributed by atoms with Crippen molar-refractivity contribution in [2.45, 2.75) is 0 Å². The first-order valence-corrected chi connectivity index (χ1v) is 13.4. The van der Waals surface area contributed by atoms with Crippen LogP contribution in [0.1, 0.15) is 41.4 Å². The Hall–Kier alpha value is -6.42. The van der Waals surface area contributed by atoms with Crippen LogP contribution in [-0.2, 0) is 0 Å². The summed E-state index contributed by atoms with van der Waals surface area (Å²) in [6.07, 6.45) is 0. The molecule has 5 aromatic carbocycles. The normalized spacial score (nSPS) is 13.7. The van der Waals surface area contributed by atoms with E-state index in [2.05, 4.69) is 0 Å². The van der Waals surface area contributed by atoms with Crippen LogP contribution in [-0.4, -0.2) is 33.8 Å². The largest absolute Gasteiger partial charge is 0.506 e. The Bertz CT molecular complexity index is 1910. The van der Waals surface area contributed by atoms with Gasteiger partial charge in [0.05, 0.1) is 33.6 Å². The van der Waals surface area contributed by atoms with Crippen molar-refractivity contribution < 1.29 is 38.9 Å². The number of imide groups is 2. The highest BCUT2D eigenvalue weighted by Crippen LogP contribution is 2.38. The van der Waals surface area contributed by atoms with E-state index in [1.807, 2.05) is 0 Å². The smallest absolute Gasteiger partial charge is 0.266 e. The Morgan fingerprint density at radius 1 is 0.409 bits per heavy atom. The second-order valence-electron chi connectivity index (χ2n) is 9.96. The number of nitrogens with zero attached hydrogens (tertiary/aromatic N) is 2. The van der Waals surface area contributed by atoms with E-state index in [4.69, 9.17) is 9.47 Å². The number of ether oxygens (including phenoxy) is 2. The van der Waals surface area contributed by atoms with E-state index in [0.717, 1.165) is 9.80 Å². The second-order valence-corrected chi connectivity index (χ2v) is 9.96. The number of aromatic hydroxyl groups is 2. The highest BCUT2D eigenvalue weighted by Gasteiger charge is 2.39. The molecule has 10 nitrogen and oxygen atoms in total. The van der Waals surface area contributed by atoms with Gasteiger partial charge in [0.15, 0.2) is 0 Å². The fourth-order valence-electron chi connectivity index (χ4n) is 5.18. The van der Waals surface area contributed by atoms with Crippen molar-refractivity contribution in [3.63, 3.8) is 0 Å². The summed E-state index contributed by atoms with van der Waals surface area (Å²) in [5, 5.41) is 20.4. The van der Waals surface area contributed by atoms with Crippen molar-refractivity contribution in [3.8, 4) is 34.5 Å². The van der Waals surface area contributed by atoms with Crippen LogP contribution in [0.4, 0.5) is 11.4 Å². The molecule has 0 aliphatic carbocycles. The number of hydrogen-bond acceptors (Lipinski definition) is 8. The summed E-state index contributed by atoms with van der Waals surface area (Å²) in [7, 11) is 0. The van der Waals surface area contributed by atoms with E-state index in [1.165, 1.54) is 48.5 Å². The molecule has 0 unspecified atom stereocenters. The summed E-state index contributed by atoms with van der Waals surface area (Å²) in [6, 6.07) is 27.9. The number of fused-ring (bicyclic) bond motifs is 2. The lowest BCUT2D eigenvalue weighted by Crippen LogP contribution is -2.29. The molecule has 0 aromatic heterocycles. The summed E-state index contributed by atoms with van der Waals surface area (Å²) in [6.45, 7) is 0. The topological polar surface area (TPSA) is 134 Å². The first-order chi connectivity index (χ1) is 21.3. The SMILES string of the molecule is O=C1c2ccc(Oc3cccc(Oc4ccc5c(c4)C(=O)N(c4ccccc4O)C5=O)c3)cc2C(=O)N1c1ccccc1O. The molecule has 0 fully saturated rings. The summed E-state index contributed by atoms with van der Waals surface area (Å²) in [5.41, 5.74) is 0.836. The van der Waals surface area contributed by atoms with Gasteiger partial charge in [-0.3, -0.25) is 19.2 Å². The molecule has 5 aromatic rings. The lowest BCUT2D eigenvalue weighted by atomic mass is 10.1. The minimum Gasteiger partial charge on any atom is -0.506 e. The number of carbonyl (C=O) groups is 4. The average molecular weight is 585 g/mol. The van der Waals surface area contributed by atoms with Gasteiger partial charge in [0.2, 0.25) is 0 Å². The van der Waals surface area contributed by atoms with Gasteiger partial charge < -0.3 is 19.7 Å². The average Bonchev–Trinajstić information content (AvgIpc) is 3.41. The molecular formula is C34H20N2O8. The maximum atomic E-state index is 13.1. The third-order valence-corrected chi connectivity index (χ3v) is 7.24. The van der Waals surface area contributed by atoms with Gasteiger partial charge in [-0.05, 0) is 72.8 Å². The molecule has 214 valence electrons. The number of benzene rings is 5. The standard InChI is InChI=1S/C34H20N2O8/c37-29-10-3-1-8-27(29)35-31(39)23-14-12-21(17-25(23)33(35)41)43-19-6-5-7-20(16-19)44-22-13-15-24-26(18-22)34(42)36(32(24)40)28-9-2-4-11-30(28)38/h1-18,37-38H. The monoisotopic (exact) mass is 584 g/mol. The van der Waals surface area contributed by atoms with Crippen molar-refractivity contribution >= 4 is 35.0 Å². The number of anilines is 2. The maximum Gasteiger partial charge on any atom is 0.266 e. The molecule has 0 saturated carbocycles. The predicted octanol–water partition coefficient (Wildman–Crippen LogP) is 6.28. The Morgan fingerprint density at radius 3 is 1.23 bits per heavy atom. The molecule has 7 rings (SSSR count). The van der Waals surface area contributed by atoms with Gasteiger partial charge in [-0.2, -0.15) is 0 Å². The minimum absolute atomic E-state index is 0.0922. The van der Waals surface area contributed by atoms with Gasteiger partial charge >= 0.3 is 0 Å². The fourth-order valence-corrected chi connectivity index (χ4v) is 5.18. The molecule has 2 N–H and O–H groups in total. The van der Waals surface area contributed by atoms with Crippen molar-refractivity contribution in [1.82, 2.24) is 0 Å². The molecule has 0 atom stereocenters. The highest BCUT2D eigenvalue weighted by atomic mass is 16.5. The van der Waals surface area contributed by atoms with Crippen LogP contribution in [0, 0.1) is 0 Å². The van der Waals surface area contributed by atoms with Crippen molar-refractivity contribution in [2.75, 3.05) is 9.80 Å². The molecule has 0 saturated heterocycles. The molecule has 10 heteroatoms. The lowest BCUT2D eigenvalue weighted by molar-refractivity contribution is 0.0909.